The molecule has 9 nitrogen and oxygen atoms in total. The normalized spacial score (nSPS) is 13.3. The summed E-state index contributed by atoms with van der Waals surface area (Å²) in [6, 6.07) is 0. The minimum absolute atomic E-state index is 0.145. The van der Waals surface area contributed by atoms with Gasteiger partial charge in [0.1, 0.15) is 13.2 Å². The van der Waals surface area contributed by atoms with E-state index >= 15 is 0 Å². The smallest absolute Gasteiger partial charge is 0.306 e. The lowest BCUT2D eigenvalue weighted by atomic mass is 10.0. The lowest BCUT2D eigenvalue weighted by Gasteiger charge is -2.26. The first-order valence-electron chi connectivity index (χ1n) is 36.0. The van der Waals surface area contributed by atoms with Crippen LogP contribution in [0.25, 0.3) is 0 Å². The van der Waals surface area contributed by atoms with E-state index in [1.807, 2.05) is 21.1 Å². The second-order valence-corrected chi connectivity index (χ2v) is 25.1. The molecule has 2 atom stereocenters. The quantitative estimate of drug-likeness (QED) is 0.0195. The van der Waals surface area contributed by atoms with Crippen LogP contribution >= 0.6 is 0 Å². The minimum atomic E-state index is -1.63. The molecular weight excluding hydrogens is 1080 g/mol. The highest BCUT2D eigenvalue weighted by molar-refractivity contribution is 5.70. The number of nitrogens with zero attached hydrogens (tertiary/aromatic N) is 1. The Labute approximate surface area is 536 Å². The van der Waals surface area contributed by atoms with Gasteiger partial charge in [-0.2, -0.15) is 0 Å². The van der Waals surface area contributed by atoms with Gasteiger partial charge in [-0.05, 0) is 103 Å². The van der Waals surface area contributed by atoms with E-state index in [0.717, 1.165) is 89.9 Å². The standard InChI is InChI=1S/C78H135NO8/c1-6-8-10-12-14-16-18-20-22-24-26-28-29-30-31-32-33-34-35-36-37-38-39-40-41-42-43-44-45-46-47-49-51-53-55-57-59-61-63-65-67-69-76(81)87-74(73-86-78(77(82)83)84-71-70-79(3,4)5)72-85-75(80)68-66-64-62-60-58-56-54-52-50-48-27-25-23-21-19-17-15-13-11-9-7-2/h8,10,14,16,20,22,25-28,30-31,33-34,36-37,39-40,74,78H,6-7,9,11-13,15,17-19,21,23-24,29,32,35,38,41-73H2,1-5H3/b10-8-,16-14-,22-20-,27-25-,28-26-,31-30-,34-33-,37-36-,40-39-. The molecule has 0 amide bonds. The number of quaternary nitrogens is 1. The van der Waals surface area contributed by atoms with E-state index in [-0.39, 0.29) is 38.6 Å². The number of carboxylic acid groups (broad SMARTS) is 1. The number of unbranched alkanes of at least 4 members (excludes halogenated alkanes) is 33. The summed E-state index contributed by atoms with van der Waals surface area (Å²) in [6.45, 7) is 4.66. The summed E-state index contributed by atoms with van der Waals surface area (Å²) in [5.74, 6) is -2.28. The van der Waals surface area contributed by atoms with Crippen LogP contribution in [-0.2, 0) is 33.3 Å². The molecule has 500 valence electrons. The van der Waals surface area contributed by atoms with E-state index in [9.17, 15) is 19.5 Å². The van der Waals surface area contributed by atoms with E-state index in [1.165, 1.54) is 186 Å². The van der Waals surface area contributed by atoms with Crippen LogP contribution in [0.5, 0.6) is 0 Å². The second kappa shape index (κ2) is 67.9. The van der Waals surface area contributed by atoms with Gasteiger partial charge in [0.2, 0.25) is 0 Å². The van der Waals surface area contributed by atoms with Crippen LogP contribution in [0.3, 0.4) is 0 Å². The van der Waals surface area contributed by atoms with Crippen LogP contribution in [0.1, 0.15) is 309 Å². The molecule has 0 N–H and O–H groups in total. The topological polar surface area (TPSA) is 111 Å². The number of allylic oxidation sites excluding steroid dienone is 18. The van der Waals surface area contributed by atoms with E-state index in [0.29, 0.717) is 17.4 Å². The Balaban J connectivity index is 4.06. The lowest BCUT2D eigenvalue weighted by molar-refractivity contribution is -0.870. The fourth-order valence-corrected chi connectivity index (χ4v) is 10.0. The summed E-state index contributed by atoms with van der Waals surface area (Å²) >= 11 is 0. The monoisotopic (exact) mass is 1210 g/mol. The zero-order valence-corrected chi connectivity index (χ0v) is 57.1. The first-order chi connectivity index (χ1) is 42.6. The van der Waals surface area contributed by atoms with E-state index < -0.39 is 24.3 Å². The maximum atomic E-state index is 12.9. The summed E-state index contributed by atoms with van der Waals surface area (Å²) in [5, 5.41) is 11.8. The van der Waals surface area contributed by atoms with Gasteiger partial charge < -0.3 is 33.3 Å². The van der Waals surface area contributed by atoms with Gasteiger partial charge in [0.25, 0.3) is 0 Å². The number of carboxylic acids is 1. The number of hydrogen-bond acceptors (Lipinski definition) is 8. The number of ether oxygens (including phenoxy) is 4. The highest BCUT2D eigenvalue weighted by Gasteiger charge is 2.22. The van der Waals surface area contributed by atoms with Crippen molar-refractivity contribution < 1.29 is 42.9 Å². The Morgan fingerprint density at radius 3 is 0.989 bits per heavy atom. The summed E-state index contributed by atoms with van der Waals surface area (Å²) < 4.78 is 22.8. The van der Waals surface area contributed by atoms with Crippen molar-refractivity contribution in [2.45, 2.75) is 322 Å². The van der Waals surface area contributed by atoms with Crippen LogP contribution in [0, 0.1) is 0 Å². The van der Waals surface area contributed by atoms with Crippen molar-refractivity contribution in [2.24, 2.45) is 0 Å². The molecule has 0 aromatic heterocycles. The molecule has 0 aromatic carbocycles. The Hall–Kier alpha value is -4.05. The summed E-state index contributed by atoms with van der Waals surface area (Å²) in [4.78, 5) is 37.5. The molecule has 9 heteroatoms. The van der Waals surface area contributed by atoms with Crippen LogP contribution in [0.2, 0.25) is 0 Å². The van der Waals surface area contributed by atoms with Crippen LogP contribution in [0.4, 0.5) is 0 Å². The molecule has 0 fully saturated rings. The Morgan fingerprint density at radius 1 is 0.356 bits per heavy atom. The largest absolute Gasteiger partial charge is 0.545 e. The summed E-state index contributed by atoms with van der Waals surface area (Å²) in [6.07, 6.45) is 91.7. The fraction of sp³-hybridized carbons (Fsp3) is 0.731. The van der Waals surface area contributed by atoms with Crippen molar-refractivity contribution in [2.75, 3.05) is 47.5 Å². The third-order valence-electron chi connectivity index (χ3n) is 15.5. The molecule has 0 aliphatic rings. The predicted molar refractivity (Wildman–Crippen MR) is 370 cm³/mol. The molecule has 0 aliphatic heterocycles. The van der Waals surface area contributed by atoms with Gasteiger partial charge in [0.15, 0.2) is 12.4 Å². The van der Waals surface area contributed by atoms with E-state index in [1.54, 1.807) is 0 Å². The molecule has 0 rings (SSSR count). The van der Waals surface area contributed by atoms with Crippen LogP contribution < -0.4 is 5.11 Å². The van der Waals surface area contributed by atoms with E-state index in [4.69, 9.17) is 18.9 Å². The average molecular weight is 1210 g/mol. The molecule has 87 heavy (non-hydrogen) atoms. The number of hydrogen-bond donors (Lipinski definition) is 0. The first-order valence-corrected chi connectivity index (χ1v) is 36.0. The molecular formula is C78H135NO8. The van der Waals surface area contributed by atoms with Gasteiger partial charge in [0, 0.05) is 12.8 Å². The van der Waals surface area contributed by atoms with Gasteiger partial charge in [-0.3, -0.25) is 9.59 Å². The van der Waals surface area contributed by atoms with Crippen molar-refractivity contribution in [3.05, 3.63) is 109 Å². The van der Waals surface area contributed by atoms with E-state index in [2.05, 4.69) is 123 Å². The van der Waals surface area contributed by atoms with Crippen LogP contribution in [-0.4, -0.2) is 82.3 Å². The van der Waals surface area contributed by atoms with Gasteiger partial charge in [-0.25, -0.2) is 0 Å². The Kier molecular flexibility index (Phi) is 64.7. The zero-order valence-electron chi connectivity index (χ0n) is 57.1. The Morgan fingerprint density at radius 2 is 0.655 bits per heavy atom. The maximum absolute atomic E-state index is 12.9. The summed E-state index contributed by atoms with van der Waals surface area (Å²) in [5.41, 5.74) is 0. The van der Waals surface area contributed by atoms with Crippen molar-refractivity contribution in [3.8, 4) is 0 Å². The van der Waals surface area contributed by atoms with Gasteiger partial charge in [-0.15, -0.1) is 0 Å². The Bertz CT molecular complexity index is 1800. The molecule has 0 saturated heterocycles. The maximum Gasteiger partial charge on any atom is 0.306 e. The number of likely N-dealkylation sites (N-methyl/N-ethyl adjacent to an activating group) is 1. The molecule has 0 heterocycles. The lowest BCUT2D eigenvalue weighted by Crippen LogP contribution is -2.44. The van der Waals surface area contributed by atoms with Crippen molar-refractivity contribution in [1.82, 2.24) is 0 Å². The third-order valence-corrected chi connectivity index (χ3v) is 15.5. The molecule has 0 aromatic rings. The highest BCUT2D eigenvalue weighted by atomic mass is 16.7. The highest BCUT2D eigenvalue weighted by Crippen LogP contribution is 2.17. The van der Waals surface area contributed by atoms with Gasteiger partial charge in [-0.1, -0.05) is 303 Å². The molecule has 0 spiro atoms. The SMILES string of the molecule is CC/C=C\C/C=C\C/C=C\C/C=C\C/C=C\C/C=C\C/C=C\C/C=C\CCCCCCCCCCCCCCCCCCC(=O)OC(COC(=O)CCCCCCCCCCC/C=C\CCCCCCCCCC)COC(OCC[N+](C)(C)C)C(=O)[O-]. The van der Waals surface area contributed by atoms with Gasteiger partial charge in [0.05, 0.1) is 40.3 Å². The van der Waals surface area contributed by atoms with Crippen LogP contribution in [0.15, 0.2) is 109 Å². The zero-order chi connectivity index (χ0) is 63.3. The number of esters is 2. The average Bonchev–Trinajstić information content (AvgIpc) is 3.59. The molecule has 0 saturated carbocycles. The van der Waals surface area contributed by atoms with Crippen molar-refractivity contribution in [1.29, 1.82) is 0 Å². The first kappa shape index (κ1) is 83.0. The van der Waals surface area contributed by atoms with Crippen molar-refractivity contribution >= 4 is 17.9 Å². The summed E-state index contributed by atoms with van der Waals surface area (Å²) in [7, 11) is 5.93. The third kappa shape index (κ3) is 69.3. The van der Waals surface area contributed by atoms with Crippen molar-refractivity contribution in [3.63, 3.8) is 0 Å². The molecule has 0 bridgehead atoms. The fourth-order valence-electron chi connectivity index (χ4n) is 10.0. The number of rotatable bonds is 66. The predicted octanol–water partition coefficient (Wildman–Crippen LogP) is 21.2. The number of carbonyl (C=O) groups is 3. The second-order valence-electron chi connectivity index (χ2n) is 25.1. The van der Waals surface area contributed by atoms with Gasteiger partial charge >= 0.3 is 11.9 Å². The number of carbonyl (C=O) groups excluding carboxylic acids is 3. The number of aliphatic carboxylic acids is 1. The minimum Gasteiger partial charge on any atom is -0.545 e. The molecule has 2 unspecified atom stereocenters. The molecule has 0 radical (unpaired) electrons. The molecule has 0 aliphatic carbocycles.